The second-order valence-corrected chi connectivity index (χ2v) is 5.96. The molecule has 0 aromatic rings. The predicted molar refractivity (Wildman–Crippen MR) is 77.5 cm³/mol. The first-order valence-corrected chi connectivity index (χ1v) is 6.88. The number of nitrogens with zero attached hydrogens (tertiary/aromatic N) is 1. The van der Waals surface area contributed by atoms with E-state index in [1.165, 1.54) is 31.3 Å². The Morgan fingerprint density at radius 2 is 1.76 bits per heavy atom. The van der Waals surface area contributed by atoms with E-state index in [0.29, 0.717) is 0 Å². The fraction of sp³-hybridized carbons (Fsp3) is 0.750. The Balaban J connectivity index is 2.45. The van der Waals surface area contributed by atoms with E-state index in [2.05, 4.69) is 45.2 Å². The van der Waals surface area contributed by atoms with Gasteiger partial charge in [-0.1, -0.05) is 43.1 Å². The molecule has 98 valence electrons. The van der Waals surface area contributed by atoms with Gasteiger partial charge in [0.2, 0.25) is 0 Å². The highest BCUT2D eigenvalue weighted by Crippen LogP contribution is 2.39. The maximum absolute atomic E-state index is 4.53. The molecule has 0 aromatic heterocycles. The molecular formula is C16H28N-. The van der Waals surface area contributed by atoms with Crippen LogP contribution in [0.2, 0.25) is 0 Å². The third kappa shape index (κ3) is 4.67. The van der Waals surface area contributed by atoms with Gasteiger partial charge in [-0.15, -0.1) is 5.54 Å². The molecule has 0 aliphatic heterocycles. The minimum absolute atomic E-state index is 0.261. The molecule has 1 heteroatoms. The maximum Gasteiger partial charge on any atom is -0.0164 e. The van der Waals surface area contributed by atoms with Crippen molar-refractivity contribution in [2.24, 2.45) is 5.92 Å². The second kappa shape index (κ2) is 6.39. The summed E-state index contributed by atoms with van der Waals surface area (Å²) in [5.41, 5.74) is 3.26. The van der Waals surface area contributed by atoms with Gasteiger partial charge in [-0.05, 0) is 46.0 Å². The highest BCUT2D eigenvalue weighted by molar-refractivity contribution is 5.12. The van der Waals surface area contributed by atoms with Crippen molar-refractivity contribution < 1.29 is 0 Å². The van der Waals surface area contributed by atoms with Gasteiger partial charge >= 0.3 is 0 Å². The third-order valence-electron chi connectivity index (χ3n) is 4.21. The molecule has 1 aliphatic rings. The normalized spacial score (nSPS) is 30.2. The second-order valence-electron chi connectivity index (χ2n) is 5.96. The van der Waals surface area contributed by atoms with Crippen LogP contribution >= 0.6 is 0 Å². The Labute approximate surface area is 107 Å². The Hall–Kier alpha value is -0.560. The third-order valence-corrected chi connectivity index (χ3v) is 4.21. The van der Waals surface area contributed by atoms with Crippen molar-refractivity contribution in [2.45, 2.75) is 65.3 Å². The molecule has 0 atom stereocenters. The van der Waals surface area contributed by atoms with E-state index in [-0.39, 0.29) is 5.54 Å². The molecule has 17 heavy (non-hydrogen) atoms. The molecule has 1 fully saturated rings. The molecule has 1 rings (SSSR count). The smallest absolute Gasteiger partial charge is 0.0164 e. The minimum Gasteiger partial charge on any atom is -0.660 e. The van der Waals surface area contributed by atoms with Gasteiger partial charge in [0, 0.05) is 0 Å². The number of hydrogen-bond donors (Lipinski definition) is 0. The zero-order chi connectivity index (χ0) is 12.9. The predicted octanol–water partition coefficient (Wildman–Crippen LogP) is 5.24. The largest absolute Gasteiger partial charge is 0.660 e. The summed E-state index contributed by atoms with van der Waals surface area (Å²) in [6.07, 6.45) is 10.9. The van der Waals surface area contributed by atoms with Crippen LogP contribution in [0.15, 0.2) is 23.3 Å². The molecule has 0 heterocycles. The lowest BCUT2D eigenvalue weighted by molar-refractivity contribution is 0.303. The van der Waals surface area contributed by atoms with Gasteiger partial charge in [-0.2, -0.15) is 7.05 Å². The summed E-state index contributed by atoms with van der Waals surface area (Å²) >= 11 is 0. The van der Waals surface area contributed by atoms with Crippen molar-refractivity contribution >= 4 is 0 Å². The summed E-state index contributed by atoms with van der Waals surface area (Å²) in [6, 6.07) is 0. The van der Waals surface area contributed by atoms with E-state index in [0.717, 1.165) is 12.3 Å². The van der Waals surface area contributed by atoms with E-state index in [1.807, 2.05) is 7.05 Å². The fourth-order valence-electron chi connectivity index (χ4n) is 2.57. The van der Waals surface area contributed by atoms with Gasteiger partial charge in [-0.3, -0.25) is 0 Å². The average molecular weight is 234 g/mol. The lowest BCUT2D eigenvalue weighted by Gasteiger charge is -2.47. The van der Waals surface area contributed by atoms with Gasteiger partial charge in [0.25, 0.3) is 0 Å². The SMILES string of the molecule is C[N-]C1(C)CCC(/C(C)=C/CC=C(C)C)CC1. The summed E-state index contributed by atoms with van der Waals surface area (Å²) in [5.74, 6) is 0.801. The van der Waals surface area contributed by atoms with E-state index in [4.69, 9.17) is 0 Å². The van der Waals surface area contributed by atoms with Crippen molar-refractivity contribution in [1.29, 1.82) is 0 Å². The number of rotatable bonds is 4. The molecule has 0 aromatic carbocycles. The molecule has 0 bridgehead atoms. The van der Waals surface area contributed by atoms with Crippen molar-refractivity contribution in [3.05, 3.63) is 28.6 Å². The van der Waals surface area contributed by atoms with Crippen LogP contribution < -0.4 is 0 Å². The molecule has 0 N–H and O–H groups in total. The monoisotopic (exact) mass is 234 g/mol. The zero-order valence-electron chi connectivity index (χ0n) is 12.2. The highest BCUT2D eigenvalue weighted by atomic mass is 14.9. The standard InChI is InChI=1S/C16H28N/c1-13(2)7-6-8-14(3)15-9-11-16(4,17-5)12-10-15/h7-8,15H,6,9-12H2,1-5H3/q-1/b14-8+. The summed E-state index contributed by atoms with van der Waals surface area (Å²) in [6.45, 7) is 8.93. The molecule has 1 nitrogen and oxygen atoms in total. The van der Waals surface area contributed by atoms with Crippen LogP contribution in [0.4, 0.5) is 0 Å². The van der Waals surface area contributed by atoms with Gasteiger partial charge in [-0.25, -0.2) is 0 Å². The van der Waals surface area contributed by atoms with Crippen molar-refractivity contribution in [3.8, 4) is 0 Å². The molecule has 0 unspecified atom stereocenters. The summed E-state index contributed by atoms with van der Waals surface area (Å²) in [5, 5.41) is 4.53. The molecule has 1 saturated carbocycles. The Morgan fingerprint density at radius 3 is 2.24 bits per heavy atom. The van der Waals surface area contributed by atoms with Crippen LogP contribution in [-0.2, 0) is 0 Å². The Kier molecular flexibility index (Phi) is 5.45. The molecule has 0 saturated heterocycles. The minimum atomic E-state index is 0.261. The van der Waals surface area contributed by atoms with Gasteiger partial charge in [0.1, 0.15) is 0 Å². The van der Waals surface area contributed by atoms with Crippen molar-refractivity contribution in [1.82, 2.24) is 0 Å². The lowest BCUT2D eigenvalue weighted by Crippen LogP contribution is -2.29. The summed E-state index contributed by atoms with van der Waals surface area (Å²) in [4.78, 5) is 0. The van der Waals surface area contributed by atoms with Gasteiger partial charge in [0.15, 0.2) is 0 Å². The fourth-order valence-corrected chi connectivity index (χ4v) is 2.57. The Morgan fingerprint density at radius 1 is 1.18 bits per heavy atom. The quantitative estimate of drug-likeness (QED) is 0.590. The van der Waals surface area contributed by atoms with Gasteiger partial charge in [0.05, 0.1) is 0 Å². The van der Waals surface area contributed by atoms with Crippen LogP contribution in [0.3, 0.4) is 0 Å². The number of hydrogen-bond acceptors (Lipinski definition) is 0. The Bertz CT molecular complexity index is 287. The lowest BCUT2D eigenvalue weighted by atomic mass is 9.75. The number of allylic oxidation sites excluding steroid dienone is 4. The van der Waals surface area contributed by atoms with Crippen LogP contribution in [0.5, 0.6) is 0 Å². The molecule has 1 aliphatic carbocycles. The first kappa shape index (κ1) is 14.5. The van der Waals surface area contributed by atoms with Crippen LogP contribution in [-0.4, -0.2) is 12.6 Å². The van der Waals surface area contributed by atoms with Crippen LogP contribution in [0, 0.1) is 5.92 Å². The summed E-state index contributed by atoms with van der Waals surface area (Å²) < 4.78 is 0. The van der Waals surface area contributed by atoms with Crippen molar-refractivity contribution in [2.75, 3.05) is 7.05 Å². The topological polar surface area (TPSA) is 14.1 Å². The molecule has 0 amide bonds. The molecule has 0 radical (unpaired) electrons. The maximum atomic E-state index is 4.53. The summed E-state index contributed by atoms with van der Waals surface area (Å²) in [7, 11) is 1.97. The highest BCUT2D eigenvalue weighted by Gasteiger charge is 2.23. The van der Waals surface area contributed by atoms with E-state index >= 15 is 0 Å². The average Bonchev–Trinajstić information content (AvgIpc) is 2.29. The zero-order valence-corrected chi connectivity index (χ0v) is 12.2. The first-order valence-electron chi connectivity index (χ1n) is 6.88. The molecular weight excluding hydrogens is 206 g/mol. The molecule has 0 spiro atoms. The first-order chi connectivity index (χ1) is 7.97. The van der Waals surface area contributed by atoms with Gasteiger partial charge < -0.3 is 5.32 Å². The van der Waals surface area contributed by atoms with Crippen LogP contribution in [0.1, 0.15) is 59.8 Å². The van der Waals surface area contributed by atoms with E-state index < -0.39 is 0 Å². The van der Waals surface area contributed by atoms with E-state index in [1.54, 1.807) is 5.57 Å². The van der Waals surface area contributed by atoms with Crippen LogP contribution in [0.25, 0.3) is 5.32 Å². The van der Waals surface area contributed by atoms with E-state index in [9.17, 15) is 0 Å². The van der Waals surface area contributed by atoms with Crippen molar-refractivity contribution in [3.63, 3.8) is 0 Å².